The molecule has 2 aromatic rings. The highest BCUT2D eigenvalue weighted by Crippen LogP contribution is 2.44. The lowest BCUT2D eigenvalue weighted by molar-refractivity contribution is -0.490. The van der Waals surface area contributed by atoms with Crippen LogP contribution in [0, 0.1) is 10.1 Å². The summed E-state index contributed by atoms with van der Waals surface area (Å²) in [5.41, 5.74) is 2.87. The number of thioether (sulfide) groups is 1. The molecule has 0 aliphatic carbocycles. The maximum atomic E-state index is 10.8. The monoisotopic (exact) mass is 335 g/mol. The molecule has 0 bridgehead atoms. The van der Waals surface area contributed by atoms with Gasteiger partial charge in [-0.1, -0.05) is 48.0 Å². The van der Waals surface area contributed by atoms with Gasteiger partial charge in [0.05, 0.1) is 5.02 Å². The maximum Gasteiger partial charge on any atom is 0.230 e. The third-order valence-electron chi connectivity index (χ3n) is 3.82. The van der Waals surface area contributed by atoms with Crippen molar-refractivity contribution in [2.75, 3.05) is 6.54 Å². The molecule has 4 nitrogen and oxygen atoms in total. The minimum Gasteiger partial charge on any atom is -0.385 e. The molecule has 1 N–H and O–H groups in total. The lowest BCUT2D eigenvalue weighted by atomic mass is 9.84. The van der Waals surface area contributed by atoms with E-state index in [0.29, 0.717) is 5.02 Å². The van der Waals surface area contributed by atoms with E-state index in [1.807, 2.05) is 36.4 Å². The fourth-order valence-electron chi connectivity index (χ4n) is 2.88. The Kier molecular flexibility index (Phi) is 4.38. The third-order valence-corrected chi connectivity index (χ3v) is 5.44. The van der Waals surface area contributed by atoms with Crippen LogP contribution in [0.15, 0.2) is 47.4 Å². The zero-order valence-corrected chi connectivity index (χ0v) is 13.2. The summed E-state index contributed by atoms with van der Waals surface area (Å²) in [4.78, 5) is 11.3. The van der Waals surface area contributed by atoms with E-state index in [0.717, 1.165) is 27.3 Å². The van der Waals surface area contributed by atoms with E-state index in [2.05, 4.69) is 0 Å². The summed E-state index contributed by atoms with van der Waals surface area (Å²) in [5.74, 6) is 0.291. The smallest absolute Gasteiger partial charge is 0.230 e. The van der Waals surface area contributed by atoms with Gasteiger partial charge in [0, 0.05) is 21.5 Å². The van der Waals surface area contributed by atoms with Gasteiger partial charge in [-0.25, -0.2) is 0 Å². The predicted molar refractivity (Wildman–Crippen MR) is 87.2 cm³/mol. The van der Waals surface area contributed by atoms with E-state index in [1.165, 1.54) is 0 Å². The molecule has 0 aromatic heterocycles. The number of nitrogens with zero attached hydrogens (tertiary/aromatic N) is 1. The van der Waals surface area contributed by atoms with Crippen LogP contribution in [0.3, 0.4) is 0 Å². The van der Waals surface area contributed by atoms with Crippen molar-refractivity contribution in [3.8, 4) is 0 Å². The predicted octanol–water partition coefficient (Wildman–Crippen LogP) is 3.72. The van der Waals surface area contributed by atoms with Crippen LogP contribution in [0.1, 0.15) is 22.6 Å². The van der Waals surface area contributed by atoms with Crippen molar-refractivity contribution in [3.63, 3.8) is 0 Å². The number of aliphatic hydroxyl groups excluding tert-OH is 1. The Morgan fingerprint density at radius 1 is 1.27 bits per heavy atom. The lowest BCUT2D eigenvalue weighted by Gasteiger charge is -2.23. The Morgan fingerprint density at radius 2 is 2.00 bits per heavy atom. The zero-order valence-electron chi connectivity index (χ0n) is 11.6. The first kappa shape index (κ1) is 15.3. The lowest BCUT2D eigenvalue weighted by Crippen LogP contribution is -2.28. The van der Waals surface area contributed by atoms with Gasteiger partial charge in [0.15, 0.2) is 0 Å². The molecule has 6 heteroatoms. The quantitative estimate of drug-likeness (QED) is 0.686. The van der Waals surface area contributed by atoms with Crippen LogP contribution in [-0.2, 0) is 5.75 Å². The highest BCUT2D eigenvalue weighted by Gasteiger charge is 2.33. The highest BCUT2D eigenvalue weighted by molar-refractivity contribution is 7.98. The molecule has 0 amide bonds. The van der Waals surface area contributed by atoms with Gasteiger partial charge in [-0.2, -0.15) is 0 Å². The summed E-state index contributed by atoms with van der Waals surface area (Å²) in [6.45, 7) is -0.490. The van der Waals surface area contributed by atoms with Gasteiger partial charge in [0.2, 0.25) is 6.54 Å². The summed E-state index contributed by atoms with van der Waals surface area (Å²) in [7, 11) is 0. The molecular weight excluding hydrogens is 322 g/mol. The van der Waals surface area contributed by atoms with Crippen LogP contribution in [-0.4, -0.2) is 22.7 Å². The van der Waals surface area contributed by atoms with E-state index in [-0.39, 0.29) is 0 Å². The summed E-state index contributed by atoms with van der Waals surface area (Å²) in [6, 6.07) is 13.3. The van der Waals surface area contributed by atoms with Crippen molar-refractivity contribution in [2.45, 2.75) is 22.7 Å². The third kappa shape index (κ3) is 2.84. The minimum absolute atomic E-state index is 0.440. The van der Waals surface area contributed by atoms with Gasteiger partial charge in [-0.05, 0) is 22.8 Å². The van der Waals surface area contributed by atoms with Crippen LogP contribution in [0.4, 0.5) is 0 Å². The highest BCUT2D eigenvalue weighted by atomic mass is 35.5. The molecule has 0 spiro atoms. The normalized spacial score (nSPS) is 18.0. The molecule has 0 saturated carbocycles. The van der Waals surface area contributed by atoms with Gasteiger partial charge < -0.3 is 5.11 Å². The molecule has 1 aliphatic rings. The molecular formula is C16H14ClNO3S. The SMILES string of the molecule is O=[N+]([O-])CC(O)C1c2ccccc2CSc2c(Cl)cccc21. The Labute approximate surface area is 137 Å². The second-order valence-corrected chi connectivity index (χ2v) is 6.60. The molecule has 3 rings (SSSR count). The number of aliphatic hydroxyl groups is 1. The average molecular weight is 336 g/mol. The molecule has 2 aromatic carbocycles. The van der Waals surface area contributed by atoms with Crippen molar-refractivity contribution in [3.05, 3.63) is 74.3 Å². The Bertz CT molecular complexity index is 722. The molecule has 22 heavy (non-hydrogen) atoms. The molecule has 0 fully saturated rings. The number of fused-ring (bicyclic) bond motifs is 2. The van der Waals surface area contributed by atoms with Gasteiger partial charge in [-0.15, -0.1) is 11.8 Å². The van der Waals surface area contributed by atoms with E-state index in [9.17, 15) is 15.2 Å². The summed E-state index contributed by atoms with van der Waals surface area (Å²) in [6.07, 6.45) is -1.09. The van der Waals surface area contributed by atoms with Crippen LogP contribution < -0.4 is 0 Å². The number of halogens is 1. The van der Waals surface area contributed by atoms with Crippen molar-refractivity contribution in [1.82, 2.24) is 0 Å². The second kappa shape index (κ2) is 6.28. The first-order valence-electron chi connectivity index (χ1n) is 6.87. The number of nitro groups is 1. The topological polar surface area (TPSA) is 63.4 Å². The van der Waals surface area contributed by atoms with Crippen molar-refractivity contribution in [2.24, 2.45) is 0 Å². The van der Waals surface area contributed by atoms with Crippen LogP contribution in [0.5, 0.6) is 0 Å². The second-order valence-electron chi connectivity index (χ2n) is 5.21. The standard InChI is InChI=1S/C16H14ClNO3S/c17-13-7-3-6-12-15(14(19)8-18(20)21)11-5-2-1-4-10(11)9-22-16(12)13/h1-7,14-15,19H,8-9H2. The summed E-state index contributed by atoms with van der Waals surface area (Å²) < 4.78 is 0. The largest absolute Gasteiger partial charge is 0.385 e. The van der Waals surface area contributed by atoms with Crippen LogP contribution in [0.25, 0.3) is 0 Å². The van der Waals surface area contributed by atoms with Gasteiger partial charge in [0.25, 0.3) is 0 Å². The first-order valence-corrected chi connectivity index (χ1v) is 8.23. The number of hydrogen-bond acceptors (Lipinski definition) is 4. The van der Waals surface area contributed by atoms with E-state index in [4.69, 9.17) is 11.6 Å². The van der Waals surface area contributed by atoms with Crippen molar-refractivity contribution >= 4 is 23.4 Å². The fourth-order valence-corrected chi connectivity index (χ4v) is 4.36. The van der Waals surface area contributed by atoms with Gasteiger partial charge in [0.1, 0.15) is 6.10 Å². The molecule has 114 valence electrons. The number of benzene rings is 2. The summed E-state index contributed by atoms with van der Waals surface area (Å²) >= 11 is 7.90. The van der Waals surface area contributed by atoms with Crippen molar-refractivity contribution in [1.29, 1.82) is 0 Å². The molecule has 0 radical (unpaired) electrons. The fraction of sp³-hybridized carbons (Fsp3) is 0.250. The molecule has 2 atom stereocenters. The Hall–Kier alpha value is -1.56. The van der Waals surface area contributed by atoms with E-state index in [1.54, 1.807) is 17.8 Å². The first-order chi connectivity index (χ1) is 10.6. The van der Waals surface area contributed by atoms with Gasteiger partial charge in [-0.3, -0.25) is 10.1 Å². The summed E-state index contributed by atoms with van der Waals surface area (Å²) in [5, 5.41) is 21.9. The van der Waals surface area contributed by atoms with Crippen LogP contribution >= 0.6 is 23.4 Å². The van der Waals surface area contributed by atoms with E-state index >= 15 is 0 Å². The van der Waals surface area contributed by atoms with Gasteiger partial charge >= 0.3 is 0 Å². The number of hydrogen-bond donors (Lipinski definition) is 1. The average Bonchev–Trinajstić information content (AvgIpc) is 2.64. The zero-order chi connectivity index (χ0) is 15.7. The maximum absolute atomic E-state index is 10.8. The van der Waals surface area contributed by atoms with E-state index < -0.39 is 23.5 Å². The van der Waals surface area contributed by atoms with Crippen LogP contribution in [0.2, 0.25) is 5.02 Å². The Balaban J connectivity index is 2.17. The molecule has 1 heterocycles. The Morgan fingerprint density at radius 3 is 2.77 bits per heavy atom. The molecule has 1 aliphatic heterocycles. The van der Waals surface area contributed by atoms with Crippen molar-refractivity contribution < 1.29 is 10.0 Å². The molecule has 2 unspecified atom stereocenters. The molecule has 0 saturated heterocycles. The number of rotatable bonds is 3. The minimum atomic E-state index is -1.09.